The summed E-state index contributed by atoms with van der Waals surface area (Å²) in [7, 11) is -3.68. The maximum absolute atomic E-state index is 12.6. The second-order valence-electron chi connectivity index (χ2n) is 6.40. The molecule has 26 heavy (non-hydrogen) atoms. The number of carbonyl (C=O) groups excluding carboxylic acids is 1. The van der Waals surface area contributed by atoms with Crippen molar-refractivity contribution in [1.82, 2.24) is 9.62 Å². The van der Waals surface area contributed by atoms with Crippen molar-refractivity contribution in [3.63, 3.8) is 0 Å². The van der Waals surface area contributed by atoms with Gasteiger partial charge in [-0.3, -0.25) is 4.79 Å². The fraction of sp³-hybridized carbons (Fsp3) is 0.389. The molecule has 1 aromatic heterocycles. The molecule has 1 amide bonds. The molecule has 1 fully saturated rings. The van der Waals surface area contributed by atoms with Gasteiger partial charge in [0.2, 0.25) is 10.0 Å². The zero-order valence-corrected chi connectivity index (χ0v) is 15.5. The van der Waals surface area contributed by atoms with E-state index in [4.69, 9.17) is 9.15 Å². The monoisotopic (exact) mass is 378 g/mol. The van der Waals surface area contributed by atoms with Crippen molar-refractivity contribution in [3.05, 3.63) is 54.0 Å². The van der Waals surface area contributed by atoms with Crippen LogP contribution in [0.4, 0.5) is 0 Å². The van der Waals surface area contributed by atoms with Gasteiger partial charge in [0.25, 0.3) is 5.91 Å². The Morgan fingerprint density at radius 1 is 1.15 bits per heavy atom. The fourth-order valence-electron chi connectivity index (χ4n) is 2.97. The molecule has 8 heteroatoms. The second-order valence-corrected chi connectivity index (χ2v) is 8.16. The summed E-state index contributed by atoms with van der Waals surface area (Å²) < 4.78 is 37.9. The predicted molar refractivity (Wildman–Crippen MR) is 95.1 cm³/mol. The summed E-state index contributed by atoms with van der Waals surface area (Å²) in [6.45, 7) is 4.97. The number of rotatable bonds is 5. The van der Waals surface area contributed by atoms with Gasteiger partial charge in [-0.2, -0.15) is 0 Å². The van der Waals surface area contributed by atoms with Gasteiger partial charge in [0.1, 0.15) is 5.76 Å². The number of furan rings is 1. The van der Waals surface area contributed by atoms with Gasteiger partial charge in [0, 0.05) is 18.7 Å². The summed E-state index contributed by atoms with van der Waals surface area (Å²) in [5, 5.41) is 0. The first kappa shape index (κ1) is 18.6. The Bertz CT molecular complexity index is 836. The molecule has 0 aliphatic carbocycles. The van der Waals surface area contributed by atoms with E-state index < -0.39 is 10.0 Å². The molecule has 1 aliphatic heterocycles. The fourth-order valence-corrected chi connectivity index (χ4v) is 3.96. The Morgan fingerprint density at radius 3 is 2.38 bits per heavy atom. The van der Waals surface area contributed by atoms with E-state index in [1.54, 1.807) is 17.0 Å². The maximum atomic E-state index is 12.6. The largest absolute Gasteiger partial charge is 0.468 e. The molecule has 0 radical (unpaired) electrons. The van der Waals surface area contributed by atoms with Crippen molar-refractivity contribution in [2.75, 3.05) is 13.1 Å². The molecule has 140 valence electrons. The summed E-state index contributed by atoms with van der Waals surface area (Å²) >= 11 is 0. The lowest BCUT2D eigenvalue weighted by atomic mass is 10.1. The summed E-state index contributed by atoms with van der Waals surface area (Å²) in [5.74, 6) is 0.399. The van der Waals surface area contributed by atoms with E-state index >= 15 is 0 Å². The van der Waals surface area contributed by atoms with Gasteiger partial charge in [-0.25, -0.2) is 13.1 Å². The van der Waals surface area contributed by atoms with Gasteiger partial charge in [0.05, 0.1) is 29.9 Å². The van der Waals surface area contributed by atoms with E-state index in [-0.39, 0.29) is 29.6 Å². The summed E-state index contributed by atoms with van der Waals surface area (Å²) in [6, 6.07) is 9.32. The van der Waals surface area contributed by atoms with Crippen LogP contribution in [0.2, 0.25) is 0 Å². The van der Waals surface area contributed by atoms with Crippen LogP contribution in [0.15, 0.2) is 52.0 Å². The van der Waals surface area contributed by atoms with Gasteiger partial charge in [-0.05, 0) is 50.2 Å². The average Bonchev–Trinajstić information content (AvgIpc) is 3.12. The van der Waals surface area contributed by atoms with Crippen LogP contribution in [0.3, 0.4) is 0 Å². The second kappa shape index (κ2) is 7.61. The quantitative estimate of drug-likeness (QED) is 0.860. The van der Waals surface area contributed by atoms with Crippen LogP contribution in [-0.2, 0) is 21.3 Å². The van der Waals surface area contributed by atoms with Crippen molar-refractivity contribution in [1.29, 1.82) is 0 Å². The Balaban J connectivity index is 1.68. The number of carbonyl (C=O) groups is 1. The van der Waals surface area contributed by atoms with Crippen molar-refractivity contribution in [2.45, 2.75) is 37.5 Å². The van der Waals surface area contributed by atoms with Gasteiger partial charge < -0.3 is 14.1 Å². The smallest absolute Gasteiger partial charge is 0.254 e. The van der Waals surface area contributed by atoms with E-state index in [2.05, 4.69) is 4.72 Å². The summed E-state index contributed by atoms with van der Waals surface area (Å²) in [5.41, 5.74) is 0.455. The molecule has 2 atom stereocenters. The first-order valence-electron chi connectivity index (χ1n) is 8.42. The molecule has 1 N–H and O–H groups in total. The zero-order chi connectivity index (χ0) is 18.7. The SMILES string of the molecule is C[C@@H]1CN(C(=O)c2ccc(S(=O)(=O)NCc3ccco3)cc2)C[C@H](C)O1. The molecule has 1 aromatic carbocycles. The standard InChI is InChI=1S/C18H22N2O5S/c1-13-11-20(12-14(2)25-13)18(21)15-5-7-17(8-6-15)26(22,23)19-10-16-4-3-9-24-16/h3-9,13-14,19H,10-12H2,1-2H3/t13-,14+. The highest BCUT2D eigenvalue weighted by molar-refractivity contribution is 7.89. The van der Waals surface area contributed by atoms with Gasteiger partial charge in [-0.15, -0.1) is 0 Å². The number of ether oxygens (including phenoxy) is 1. The van der Waals surface area contributed by atoms with Crippen molar-refractivity contribution in [3.8, 4) is 0 Å². The Hall–Kier alpha value is -2.16. The van der Waals surface area contributed by atoms with Crippen molar-refractivity contribution < 1.29 is 22.4 Å². The number of nitrogens with zero attached hydrogens (tertiary/aromatic N) is 1. The third kappa shape index (κ3) is 4.32. The third-order valence-electron chi connectivity index (χ3n) is 4.13. The van der Waals surface area contributed by atoms with E-state index in [1.807, 2.05) is 13.8 Å². The molecule has 1 saturated heterocycles. The number of morpholine rings is 1. The van der Waals surface area contributed by atoms with Crippen LogP contribution in [0.25, 0.3) is 0 Å². The highest BCUT2D eigenvalue weighted by Crippen LogP contribution is 2.17. The highest BCUT2D eigenvalue weighted by Gasteiger charge is 2.26. The molecular formula is C18H22N2O5S. The van der Waals surface area contributed by atoms with Crippen LogP contribution in [-0.4, -0.2) is 44.5 Å². The van der Waals surface area contributed by atoms with Crippen molar-refractivity contribution >= 4 is 15.9 Å². The molecule has 0 spiro atoms. The molecule has 2 aromatic rings. The van der Waals surface area contributed by atoms with Crippen LogP contribution in [0.1, 0.15) is 30.0 Å². The minimum absolute atomic E-state index is 0.0202. The highest BCUT2D eigenvalue weighted by atomic mass is 32.2. The lowest BCUT2D eigenvalue weighted by molar-refractivity contribution is -0.0586. The summed E-state index contributed by atoms with van der Waals surface area (Å²) in [6.07, 6.45) is 1.44. The number of hydrogen-bond acceptors (Lipinski definition) is 5. The van der Waals surface area contributed by atoms with Gasteiger partial charge in [-0.1, -0.05) is 0 Å². The molecule has 1 aliphatic rings. The van der Waals surface area contributed by atoms with Crippen LogP contribution >= 0.6 is 0 Å². The van der Waals surface area contributed by atoms with E-state index in [0.717, 1.165) is 0 Å². The Kier molecular flexibility index (Phi) is 5.45. The Morgan fingerprint density at radius 2 is 1.81 bits per heavy atom. The van der Waals surface area contributed by atoms with Gasteiger partial charge in [0.15, 0.2) is 0 Å². The van der Waals surface area contributed by atoms with Crippen LogP contribution < -0.4 is 4.72 Å². The molecule has 3 rings (SSSR count). The lowest BCUT2D eigenvalue weighted by Gasteiger charge is -2.35. The van der Waals surface area contributed by atoms with Crippen molar-refractivity contribution in [2.24, 2.45) is 0 Å². The number of nitrogens with one attached hydrogen (secondary N) is 1. The molecule has 7 nitrogen and oxygen atoms in total. The first-order valence-corrected chi connectivity index (χ1v) is 9.90. The molecule has 0 saturated carbocycles. The lowest BCUT2D eigenvalue weighted by Crippen LogP contribution is -2.48. The first-order chi connectivity index (χ1) is 12.3. The van der Waals surface area contributed by atoms with Gasteiger partial charge >= 0.3 is 0 Å². The minimum Gasteiger partial charge on any atom is -0.468 e. The normalized spacial score (nSPS) is 20.9. The third-order valence-corrected chi connectivity index (χ3v) is 5.55. The maximum Gasteiger partial charge on any atom is 0.254 e. The average molecular weight is 378 g/mol. The predicted octanol–water partition coefficient (Wildman–Crippen LogP) is 2.01. The van der Waals surface area contributed by atoms with E-state index in [1.165, 1.54) is 30.5 Å². The number of hydrogen-bond donors (Lipinski definition) is 1. The number of sulfonamides is 1. The van der Waals surface area contributed by atoms with Crippen LogP contribution in [0.5, 0.6) is 0 Å². The molecule has 0 unspecified atom stereocenters. The topological polar surface area (TPSA) is 88.9 Å². The number of benzene rings is 1. The summed E-state index contributed by atoms with van der Waals surface area (Å²) in [4.78, 5) is 14.5. The van der Waals surface area contributed by atoms with E-state index in [0.29, 0.717) is 24.4 Å². The number of amides is 1. The zero-order valence-electron chi connectivity index (χ0n) is 14.7. The molecule has 2 heterocycles. The molecule has 0 bridgehead atoms. The Labute approximate surface area is 153 Å². The minimum atomic E-state index is -3.68. The van der Waals surface area contributed by atoms with E-state index in [9.17, 15) is 13.2 Å². The van der Waals surface area contributed by atoms with Crippen LogP contribution in [0, 0.1) is 0 Å². The molecular weight excluding hydrogens is 356 g/mol.